The third-order valence-corrected chi connectivity index (χ3v) is 1.31. The zero-order valence-electron chi connectivity index (χ0n) is 6.77. The Labute approximate surface area is 71.4 Å². The first-order valence-electron chi connectivity index (χ1n) is 3.91. The number of aliphatic hydroxyl groups excluding tert-OH is 1. The Hall–Kier alpha value is -0.840. The first-order valence-corrected chi connectivity index (χ1v) is 3.91. The summed E-state index contributed by atoms with van der Waals surface area (Å²) in [6, 6.07) is 0. The summed E-state index contributed by atoms with van der Waals surface area (Å²) in [4.78, 5) is 5.06. The molecule has 0 bridgehead atoms. The summed E-state index contributed by atoms with van der Waals surface area (Å²) in [5, 5.41) is 8.45. The van der Waals surface area contributed by atoms with E-state index >= 15 is 0 Å². The fraction of sp³-hybridized carbons (Fsp3) is 0.500. The molecular formula is C8H13NO3. The predicted octanol–water partition coefficient (Wildman–Crippen LogP) is 0.316. The van der Waals surface area contributed by atoms with Crippen molar-refractivity contribution in [2.75, 3.05) is 13.2 Å². The summed E-state index contributed by atoms with van der Waals surface area (Å²) in [5.41, 5.74) is 2.69. The Morgan fingerprint density at radius 2 is 2.42 bits per heavy atom. The Morgan fingerprint density at radius 1 is 1.50 bits per heavy atom. The fourth-order valence-corrected chi connectivity index (χ4v) is 0.728. The van der Waals surface area contributed by atoms with Crippen molar-refractivity contribution in [3.05, 3.63) is 24.5 Å². The van der Waals surface area contributed by atoms with Gasteiger partial charge in [0.2, 0.25) is 6.29 Å². The van der Waals surface area contributed by atoms with Crippen LogP contribution in [0.1, 0.15) is 6.42 Å². The number of hydrogen-bond donors (Lipinski definition) is 2. The van der Waals surface area contributed by atoms with Crippen LogP contribution in [-0.4, -0.2) is 24.5 Å². The molecule has 1 heterocycles. The lowest BCUT2D eigenvalue weighted by Crippen LogP contribution is -2.25. The average molecular weight is 171 g/mol. The summed E-state index contributed by atoms with van der Waals surface area (Å²) >= 11 is 0. The van der Waals surface area contributed by atoms with Gasteiger partial charge in [-0.15, -0.1) is 0 Å². The van der Waals surface area contributed by atoms with Crippen molar-refractivity contribution >= 4 is 0 Å². The van der Waals surface area contributed by atoms with Gasteiger partial charge in [-0.1, -0.05) is 6.08 Å². The highest BCUT2D eigenvalue weighted by Gasteiger charge is 2.04. The maximum atomic E-state index is 8.45. The molecule has 0 saturated carbocycles. The number of rotatable bonds is 5. The predicted molar refractivity (Wildman–Crippen MR) is 43.9 cm³/mol. The summed E-state index contributed by atoms with van der Waals surface area (Å²) in [6.45, 7) is 0.783. The first kappa shape index (κ1) is 9.25. The molecule has 1 aliphatic heterocycles. The van der Waals surface area contributed by atoms with E-state index in [1.54, 1.807) is 18.4 Å². The van der Waals surface area contributed by atoms with E-state index in [1.807, 2.05) is 6.08 Å². The second-order valence-electron chi connectivity index (χ2n) is 2.31. The smallest absolute Gasteiger partial charge is 0.236 e. The van der Waals surface area contributed by atoms with Gasteiger partial charge in [0.25, 0.3) is 0 Å². The summed E-state index contributed by atoms with van der Waals surface area (Å²) in [6.07, 6.45) is 7.31. The summed E-state index contributed by atoms with van der Waals surface area (Å²) in [7, 11) is 0. The van der Waals surface area contributed by atoms with Crippen molar-refractivity contribution in [3.8, 4) is 0 Å². The second kappa shape index (κ2) is 5.77. The number of allylic oxidation sites excluding steroid dienone is 2. The number of aliphatic hydroxyl groups is 1. The van der Waals surface area contributed by atoms with Gasteiger partial charge < -0.3 is 9.84 Å². The molecule has 68 valence electrons. The minimum absolute atomic E-state index is 0.164. The highest BCUT2D eigenvalue weighted by molar-refractivity contribution is 5.05. The second-order valence-corrected chi connectivity index (χ2v) is 2.31. The van der Waals surface area contributed by atoms with E-state index in [2.05, 4.69) is 5.48 Å². The van der Waals surface area contributed by atoms with Crippen molar-refractivity contribution in [3.63, 3.8) is 0 Å². The normalized spacial score (nSPS) is 20.9. The third-order valence-electron chi connectivity index (χ3n) is 1.31. The quantitative estimate of drug-likeness (QED) is 0.462. The number of nitrogens with one attached hydrogen (secondary N) is 1. The van der Waals surface area contributed by atoms with Crippen LogP contribution in [0.2, 0.25) is 0 Å². The van der Waals surface area contributed by atoms with Crippen LogP contribution in [0.5, 0.6) is 0 Å². The highest BCUT2D eigenvalue weighted by Crippen LogP contribution is 2.01. The minimum Gasteiger partial charge on any atom is -0.467 e. The van der Waals surface area contributed by atoms with Crippen LogP contribution in [-0.2, 0) is 9.57 Å². The van der Waals surface area contributed by atoms with Gasteiger partial charge in [0.05, 0.1) is 6.26 Å². The molecular weight excluding hydrogens is 158 g/mol. The van der Waals surface area contributed by atoms with Crippen LogP contribution in [0.3, 0.4) is 0 Å². The standard InChI is InChI=1S/C8H13NO3/c10-6-3-5-9-12-8-4-1-2-7-11-8/h1-2,4,7-10H,3,5-6H2. The molecule has 1 atom stereocenters. The van der Waals surface area contributed by atoms with E-state index < -0.39 is 0 Å². The van der Waals surface area contributed by atoms with E-state index in [0.29, 0.717) is 13.0 Å². The van der Waals surface area contributed by atoms with Crippen molar-refractivity contribution in [1.29, 1.82) is 0 Å². The van der Waals surface area contributed by atoms with Gasteiger partial charge in [-0.2, -0.15) is 5.48 Å². The molecule has 0 saturated heterocycles. The Balaban J connectivity index is 2.00. The number of hydroxylamine groups is 1. The molecule has 4 nitrogen and oxygen atoms in total. The molecule has 0 aromatic carbocycles. The van der Waals surface area contributed by atoms with Crippen molar-refractivity contribution in [2.24, 2.45) is 0 Å². The van der Waals surface area contributed by atoms with Crippen molar-refractivity contribution in [2.45, 2.75) is 12.7 Å². The molecule has 1 aliphatic rings. The van der Waals surface area contributed by atoms with Gasteiger partial charge >= 0.3 is 0 Å². The van der Waals surface area contributed by atoms with E-state index in [-0.39, 0.29) is 12.9 Å². The van der Waals surface area contributed by atoms with Crippen LogP contribution in [0.4, 0.5) is 0 Å². The Bertz CT molecular complexity index is 168. The molecule has 0 aliphatic carbocycles. The Kier molecular flexibility index (Phi) is 4.44. The van der Waals surface area contributed by atoms with Gasteiger partial charge in [0.1, 0.15) is 0 Å². The van der Waals surface area contributed by atoms with Gasteiger partial charge in [0, 0.05) is 13.2 Å². The van der Waals surface area contributed by atoms with Crippen LogP contribution >= 0.6 is 0 Å². The lowest BCUT2D eigenvalue weighted by atomic mass is 10.4. The largest absolute Gasteiger partial charge is 0.467 e. The first-order chi connectivity index (χ1) is 5.93. The summed E-state index contributed by atoms with van der Waals surface area (Å²) < 4.78 is 5.04. The third kappa shape index (κ3) is 3.52. The van der Waals surface area contributed by atoms with Gasteiger partial charge in [0.15, 0.2) is 0 Å². The maximum absolute atomic E-state index is 8.45. The molecule has 0 radical (unpaired) electrons. The van der Waals surface area contributed by atoms with E-state index in [4.69, 9.17) is 14.7 Å². The van der Waals surface area contributed by atoms with Crippen LogP contribution in [0, 0.1) is 0 Å². The highest BCUT2D eigenvalue weighted by atomic mass is 16.8. The molecule has 1 unspecified atom stereocenters. The minimum atomic E-state index is -0.353. The molecule has 2 N–H and O–H groups in total. The topological polar surface area (TPSA) is 50.7 Å². The molecule has 0 aromatic rings. The van der Waals surface area contributed by atoms with E-state index in [1.165, 1.54) is 0 Å². The fourth-order valence-electron chi connectivity index (χ4n) is 0.728. The molecule has 12 heavy (non-hydrogen) atoms. The number of hydrogen-bond acceptors (Lipinski definition) is 4. The average Bonchev–Trinajstić information content (AvgIpc) is 2.14. The van der Waals surface area contributed by atoms with Gasteiger partial charge in [-0.25, -0.2) is 0 Å². The molecule has 0 fully saturated rings. The van der Waals surface area contributed by atoms with E-state index in [0.717, 1.165) is 0 Å². The monoisotopic (exact) mass is 171 g/mol. The van der Waals surface area contributed by atoms with Crippen LogP contribution < -0.4 is 5.48 Å². The lowest BCUT2D eigenvalue weighted by Gasteiger charge is -2.15. The molecule has 1 rings (SSSR count). The van der Waals surface area contributed by atoms with Crippen LogP contribution in [0.25, 0.3) is 0 Å². The summed E-state index contributed by atoms with van der Waals surface area (Å²) in [5.74, 6) is 0. The SMILES string of the molecule is OCCCNOC1C=CC=CO1. The lowest BCUT2D eigenvalue weighted by molar-refractivity contribution is -0.123. The molecule has 4 heteroatoms. The Morgan fingerprint density at radius 3 is 3.08 bits per heavy atom. The van der Waals surface area contributed by atoms with Crippen molar-refractivity contribution in [1.82, 2.24) is 5.48 Å². The number of ether oxygens (including phenoxy) is 1. The van der Waals surface area contributed by atoms with Gasteiger partial charge in [-0.05, 0) is 18.6 Å². The van der Waals surface area contributed by atoms with Gasteiger partial charge in [-0.3, -0.25) is 4.84 Å². The van der Waals surface area contributed by atoms with Crippen LogP contribution in [0.15, 0.2) is 24.5 Å². The zero-order valence-corrected chi connectivity index (χ0v) is 6.77. The van der Waals surface area contributed by atoms with Crippen molar-refractivity contribution < 1.29 is 14.7 Å². The zero-order chi connectivity index (χ0) is 8.65. The van der Waals surface area contributed by atoms with E-state index in [9.17, 15) is 0 Å². The molecule has 0 amide bonds. The molecule has 0 aromatic heterocycles. The molecule has 0 spiro atoms. The maximum Gasteiger partial charge on any atom is 0.236 e.